The molecule has 0 saturated heterocycles. The zero-order valence-electron chi connectivity index (χ0n) is 26.0. The minimum atomic E-state index is -1.05. The SMILES string of the molecule is CC(=C\C=C\C(C)=C\[C@H](O)[C@@H](O)C[C@@H](C)O)/C=C(C)/C=C/C(=O)O[C@H]1CCCC(=O)OC(C(C)C)C/C=C/C[C@@H]1C. The number of aliphatic hydroxyl groups excluding tert-OH is 3. The highest BCUT2D eigenvalue weighted by atomic mass is 16.5. The smallest absolute Gasteiger partial charge is 0.331 e. The van der Waals surface area contributed by atoms with Crippen LogP contribution in [-0.2, 0) is 19.1 Å². The summed E-state index contributed by atoms with van der Waals surface area (Å²) < 4.78 is 11.4. The molecule has 0 spiro atoms. The van der Waals surface area contributed by atoms with Crippen molar-refractivity contribution in [1.82, 2.24) is 0 Å². The summed E-state index contributed by atoms with van der Waals surface area (Å²) in [5, 5.41) is 29.3. The molecule has 6 atom stereocenters. The van der Waals surface area contributed by atoms with Crippen LogP contribution in [0.5, 0.6) is 0 Å². The highest BCUT2D eigenvalue weighted by molar-refractivity contribution is 5.82. The highest BCUT2D eigenvalue weighted by Crippen LogP contribution is 2.22. The third-order valence-electron chi connectivity index (χ3n) is 6.91. The number of esters is 2. The minimum Gasteiger partial charge on any atom is -0.462 e. The van der Waals surface area contributed by atoms with Gasteiger partial charge in [-0.05, 0) is 58.8 Å². The van der Waals surface area contributed by atoms with Gasteiger partial charge in [-0.1, -0.05) is 86.1 Å². The molecule has 1 unspecified atom stereocenters. The molecule has 0 aromatic carbocycles. The van der Waals surface area contributed by atoms with E-state index in [2.05, 4.69) is 32.9 Å². The fourth-order valence-electron chi connectivity index (χ4n) is 4.40. The van der Waals surface area contributed by atoms with Gasteiger partial charge in [0.1, 0.15) is 12.2 Å². The van der Waals surface area contributed by atoms with Crippen LogP contribution in [-0.4, -0.2) is 57.8 Å². The molecule has 0 aromatic heterocycles. The normalized spacial score (nSPS) is 25.4. The second-order valence-electron chi connectivity index (χ2n) is 11.6. The van der Waals surface area contributed by atoms with Crippen molar-refractivity contribution >= 4 is 11.9 Å². The largest absolute Gasteiger partial charge is 0.462 e. The zero-order chi connectivity index (χ0) is 30.9. The first kappa shape index (κ1) is 36.3. The second-order valence-corrected chi connectivity index (χ2v) is 11.6. The van der Waals surface area contributed by atoms with Crippen LogP contribution < -0.4 is 0 Å². The lowest BCUT2D eigenvalue weighted by Crippen LogP contribution is -2.27. The number of aliphatic hydroxyl groups is 3. The van der Waals surface area contributed by atoms with Gasteiger partial charge in [0.2, 0.25) is 0 Å². The van der Waals surface area contributed by atoms with Crippen LogP contribution in [0.1, 0.15) is 87.0 Å². The highest BCUT2D eigenvalue weighted by Gasteiger charge is 2.23. The van der Waals surface area contributed by atoms with E-state index < -0.39 is 24.3 Å². The molecule has 230 valence electrons. The van der Waals surface area contributed by atoms with E-state index in [1.54, 1.807) is 19.1 Å². The van der Waals surface area contributed by atoms with E-state index in [0.29, 0.717) is 25.7 Å². The molecule has 0 fully saturated rings. The molecule has 0 amide bonds. The Morgan fingerprint density at radius 3 is 2.37 bits per heavy atom. The summed E-state index contributed by atoms with van der Waals surface area (Å²) in [7, 11) is 0. The molecule has 1 heterocycles. The maximum absolute atomic E-state index is 12.6. The van der Waals surface area contributed by atoms with Crippen molar-refractivity contribution in [2.75, 3.05) is 0 Å². The van der Waals surface area contributed by atoms with Gasteiger partial charge in [-0.25, -0.2) is 4.79 Å². The van der Waals surface area contributed by atoms with Crippen LogP contribution in [0.4, 0.5) is 0 Å². The van der Waals surface area contributed by atoms with Crippen molar-refractivity contribution in [1.29, 1.82) is 0 Å². The van der Waals surface area contributed by atoms with Crippen LogP contribution in [0.3, 0.4) is 0 Å². The third-order valence-corrected chi connectivity index (χ3v) is 6.91. The Morgan fingerprint density at radius 1 is 1.02 bits per heavy atom. The van der Waals surface area contributed by atoms with E-state index in [1.807, 2.05) is 45.1 Å². The average Bonchev–Trinajstić information content (AvgIpc) is 2.87. The van der Waals surface area contributed by atoms with Crippen molar-refractivity contribution in [2.24, 2.45) is 11.8 Å². The van der Waals surface area contributed by atoms with Crippen molar-refractivity contribution < 1.29 is 34.4 Å². The number of carbonyl (C=O) groups is 2. The van der Waals surface area contributed by atoms with E-state index in [0.717, 1.165) is 23.1 Å². The van der Waals surface area contributed by atoms with E-state index >= 15 is 0 Å². The summed E-state index contributed by atoms with van der Waals surface area (Å²) in [5.74, 6) is -0.228. The fraction of sp³-hybridized carbons (Fsp3) is 0.588. The lowest BCUT2D eigenvalue weighted by Gasteiger charge is -2.24. The zero-order valence-corrected chi connectivity index (χ0v) is 26.0. The molecule has 0 bridgehead atoms. The number of hydrogen-bond acceptors (Lipinski definition) is 7. The Labute approximate surface area is 247 Å². The Hall–Kier alpha value is -2.74. The van der Waals surface area contributed by atoms with Gasteiger partial charge in [-0.3, -0.25) is 4.79 Å². The summed E-state index contributed by atoms with van der Waals surface area (Å²) in [6.07, 6.45) is 16.3. The number of hydrogen-bond donors (Lipinski definition) is 3. The van der Waals surface area contributed by atoms with Crippen LogP contribution in [0.2, 0.25) is 0 Å². The lowest BCUT2D eigenvalue weighted by atomic mass is 9.94. The first-order chi connectivity index (χ1) is 19.3. The minimum absolute atomic E-state index is 0.102. The van der Waals surface area contributed by atoms with Gasteiger partial charge in [-0.15, -0.1) is 0 Å². The fourth-order valence-corrected chi connectivity index (χ4v) is 4.40. The molecule has 41 heavy (non-hydrogen) atoms. The number of cyclic esters (lactones) is 1. The van der Waals surface area contributed by atoms with E-state index in [1.165, 1.54) is 6.08 Å². The lowest BCUT2D eigenvalue weighted by molar-refractivity contribution is -0.151. The molecule has 3 N–H and O–H groups in total. The van der Waals surface area contributed by atoms with Gasteiger partial charge in [-0.2, -0.15) is 0 Å². The van der Waals surface area contributed by atoms with Gasteiger partial charge in [0.05, 0.1) is 18.3 Å². The summed E-state index contributed by atoms with van der Waals surface area (Å²) in [6, 6.07) is 0. The molecule has 1 aliphatic rings. The van der Waals surface area contributed by atoms with Crippen molar-refractivity contribution in [3.8, 4) is 0 Å². The third kappa shape index (κ3) is 16.3. The number of ether oxygens (including phenoxy) is 2. The second kappa shape index (κ2) is 19.4. The number of allylic oxidation sites excluding steroid dienone is 9. The van der Waals surface area contributed by atoms with Gasteiger partial charge in [0.25, 0.3) is 0 Å². The number of carbonyl (C=O) groups excluding carboxylic acids is 2. The van der Waals surface area contributed by atoms with Crippen LogP contribution >= 0.6 is 0 Å². The Balaban J connectivity index is 2.73. The molecular formula is C34H52O7. The van der Waals surface area contributed by atoms with Crippen LogP contribution in [0.25, 0.3) is 0 Å². The van der Waals surface area contributed by atoms with Gasteiger partial charge >= 0.3 is 11.9 Å². The van der Waals surface area contributed by atoms with Crippen LogP contribution in [0.15, 0.2) is 71.4 Å². The molecule has 0 aliphatic carbocycles. The van der Waals surface area contributed by atoms with Crippen molar-refractivity contribution in [3.05, 3.63) is 71.4 Å². The van der Waals surface area contributed by atoms with Crippen LogP contribution in [0, 0.1) is 11.8 Å². The summed E-state index contributed by atoms with van der Waals surface area (Å²) in [4.78, 5) is 24.9. The topological polar surface area (TPSA) is 113 Å². The first-order valence-electron chi connectivity index (χ1n) is 14.8. The molecule has 1 aliphatic heterocycles. The summed E-state index contributed by atoms with van der Waals surface area (Å²) in [5.41, 5.74) is 2.62. The van der Waals surface area contributed by atoms with Gasteiger partial charge in [0, 0.05) is 25.3 Å². The van der Waals surface area contributed by atoms with Gasteiger partial charge in [0.15, 0.2) is 0 Å². The average molecular weight is 573 g/mol. The Morgan fingerprint density at radius 2 is 1.71 bits per heavy atom. The predicted octanol–water partition coefficient (Wildman–Crippen LogP) is 6.07. The van der Waals surface area contributed by atoms with Gasteiger partial charge < -0.3 is 24.8 Å². The standard InChI is InChI=1S/C34H52O7/c1-23(2)31-15-9-8-14-27(6)32(16-11-17-33(38)40-31)41-34(39)19-18-26(5)20-24(3)12-10-13-25(4)21-29(36)30(37)22-28(7)35/h8-10,12-13,18-21,23,27-32,35-37H,11,14-17,22H2,1-7H3/b9-8+,13-10+,19-18+,24-12+,25-21+,26-20+/t27-,28+,29-,30-,31?,32-/m0/s1. The molecule has 0 radical (unpaired) electrons. The first-order valence-corrected chi connectivity index (χ1v) is 14.8. The molecule has 7 heteroatoms. The molecule has 1 rings (SSSR count). The molecule has 7 nitrogen and oxygen atoms in total. The predicted molar refractivity (Wildman–Crippen MR) is 164 cm³/mol. The number of rotatable bonds is 11. The Kier molecular flexibility index (Phi) is 17.2. The van der Waals surface area contributed by atoms with Crippen molar-refractivity contribution in [3.63, 3.8) is 0 Å². The maximum Gasteiger partial charge on any atom is 0.331 e. The monoisotopic (exact) mass is 572 g/mol. The summed E-state index contributed by atoms with van der Waals surface area (Å²) in [6.45, 7) is 13.4. The summed E-state index contributed by atoms with van der Waals surface area (Å²) >= 11 is 0. The van der Waals surface area contributed by atoms with E-state index in [-0.39, 0.29) is 36.4 Å². The Bertz CT molecular complexity index is 997. The molecule has 0 saturated carbocycles. The van der Waals surface area contributed by atoms with Crippen molar-refractivity contribution in [2.45, 2.75) is 118 Å². The quantitative estimate of drug-likeness (QED) is 0.119. The van der Waals surface area contributed by atoms with E-state index in [4.69, 9.17) is 9.47 Å². The molecular weight excluding hydrogens is 520 g/mol. The van der Waals surface area contributed by atoms with E-state index in [9.17, 15) is 24.9 Å². The maximum atomic E-state index is 12.6. The molecule has 0 aromatic rings.